The number of carbonyl (C=O) groups excluding carboxylic acids is 1. The third-order valence-corrected chi connectivity index (χ3v) is 4.94. The van der Waals surface area contributed by atoms with Gasteiger partial charge in [-0.15, -0.1) is 10.2 Å². The number of carbonyl (C=O) groups is 1. The van der Waals surface area contributed by atoms with E-state index in [0.29, 0.717) is 10.1 Å². The fraction of sp³-hybridized carbons (Fsp3) is 0.176. The number of nitro groups is 1. The Morgan fingerprint density at radius 3 is 2.81 bits per heavy atom. The molecule has 1 amide bonds. The maximum atomic E-state index is 12.5. The molecule has 0 saturated heterocycles. The molecule has 3 rings (SSSR count). The van der Waals surface area contributed by atoms with Crippen molar-refractivity contribution in [2.24, 2.45) is 7.05 Å². The molecule has 1 aromatic carbocycles. The molecule has 0 aliphatic heterocycles. The largest absolute Gasteiger partial charge is 0.345 e. The van der Waals surface area contributed by atoms with Crippen LogP contribution >= 0.6 is 11.8 Å². The summed E-state index contributed by atoms with van der Waals surface area (Å²) < 4.78 is 1.66. The minimum Gasteiger partial charge on any atom is -0.345 e. The van der Waals surface area contributed by atoms with Crippen LogP contribution in [0, 0.1) is 10.1 Å². The summed E-state index contributed by atoms with van der Waals surface area (Å²) in [6, 6.07) is 7.71. The lowest BCUT2D eigenvalue weighted by molar-refractivity contribution is -0.387. The monoisotopic (exact) mass is 384 g/mol. The molecule has 2 aromatic heterocycles. The molecule has 1 atom stereocenters. The molecule has 0 fully saturated rings. The Balaban J connectivity index is 1.82. The van der Waals surface area contributed by atoms with Crippen molar-refractivity contribution in [2.75, 3.05) is 0 Å². The van der Waals surface area contributed by atoms with Crippen LogP contribution in [-0.2, 0) is 7.05 Å². The van der Waals surface area contributed by atoms with Gasteiger partial charge >= 0.3 is 0 Å². The summed E-state index contributed by atoms with van der Waals surface area (Å²) >= 11 is 1.11. The van der Waals surface area contributed by atoms with Crippen molar-refractivity contribution >= 4 is 23.4 Å². The van der Waals surface area contributed by atoms with Crippen molar-refractivity contribution in [3.63, 3.8) is 0 Å². The Morgan fingerprint density at radius 1 is 1.37 bits per heavy atom. The number of nitrogens with zero attached hydrogens (tertiary/aromatic N) is 5. The highest BCUT2D eigenvalue weighted by Crippen LogP contribution is 2.34. The van der Waals surface area contributed by atoms with E-state index in [2.05, 4.69) is 20.5 Å². The third-order valence-electron chi connectivity index (χ3n) is 3.82. The van der Waals surface area contributed by atoms with Gasteiger partial charge in [-0.1, -0.05) is 6.07 Å². The molecule has 1 N–H and O–H groups in total. The van der Waals surface area contributed by atoms with Gasteiger partial charge in [0.1, 0.15) is 6.33 Å². The molecule has 9 nitrogen and oxygen atoms in total. The van der Waals surface area contributed by atoms with Gasteiger partial charge < -0.3 is 9.88 Å². The smallest absolute Gasteiger partial charge is 0.284 e. The number of nitro benzene ring substituents is 1. The number of aryl methyl sites for hydroxylation is 1. The van der Waals surface area contributed by atoms with E-state index in [9.17, 15) is 14.9 Å². The Labute approximate surface area is 159 Å². The highest BCUT2D eigenvalue weighted by atomic mass is 32.2. The second-order valence-corrected chi connectivity index (χ2v) is 6.76. The van der Waals surface area contributed by atoms with E-state index in [1.54, 1.807) is 42.2 Å². The number of hydrogen-bond donors (Lipinski definition) is 1. The van der Waals surface area contributed by atoms with Gasteiger partial charge in [0.2, 0.25) is 0 Å². The molecule has 0 aliphatic rings. The van der Waals surface area contributed by atoms with Crippen LogP contribution in [0.3, 0.4) is 0 Å². The third kappa shape index (κ3) is 4.29. The van der Waals surface area contributed by atoms with Crippen LogP contribution in [0.1, 0.15) is 28.9 Å². The van der Waals surface area contributed by atoms with E-state index in [0.717, 1.165) is 17.3 Å². The van der Waals surface area contributed by atoms with E-state index in [1.165, 1.54) is 12.4 Å². The normalized spacial score (nSPS) is 11.8. The van der Waals surface area contributed by atoms with Gasteiger partial charge in [-0.05, 0) is 42.4 Å². The molecule has 3 aromatic rings. The second kappa shape index (κ2) is 7.96. The number of nitrogens with one attached hydrogen (secondary N) is 1. The van der Waals surface area contributed by atoms with Gasteiger partial charge in [-0.3, -0.25) is 19.9 Å². The van der Waals surface area contributed by atoms with Crippen LogP contribution in [-0.4, -0.2) is 30.6 Å². The van der Waals surface area contributed by atoms with E-state index in [-0.39, 0.29) is 17.3 Å². The lowest BCUT2D eigenvalue weighted by Gasteiger charge is -2.14. The zero-order valence-corrected chi connectivity index (χ0v) is 15.4. The Kier molecular flexibility index (Phi) is 5.46. The van der Waals surface area contributed by atoms with Crippen LogP contribution in [0.25, 0.3) is 0 Å². The van der Waals surface area contributed by atoms with Crippen molar-refractivity contribution in [2.45, 2.75) is 23.0 Å². The molecular weight excluding hydrogens is 368 g/mol. The Hall–Kier alpha value is -3.27. The molecule has 1 unspecified atom stereocenters. The number of hydrogen-bond acceptors (Lipinski definition) is 7. The van der Waals surface area contributed by atoms with Gasteiger partial charge in [-0.25, -0.2) is 0 Å². The molecule has 0 aliphatic carbocycles. The van der Waals surface area contributed by atoms with Crippen LogP contribution < -0.4 is 5.32 Å². The lowest BCUT2D eigenvalue weighted by atomic mass is 10.1. The quantitative estimate of drug-likeness (QED) is 0.513. The molecule has 0 saturated carbocycles. The number of benzene rings is 1. The molecule has 138 valence electrons. The first-order chi connectivity index (χ1) is 13.0. The van der Waals surface area contributed by atoms with Crippen molar-refractivity contribution in [1.29, 1.82) is 0 Å². The van der Waals surface area contributed by atoms with Gasteiger partial charge in [0.25, 0.3) is 11.6 Å². The fourth-order valence-corrected chi connectivity index (χ4v) is 3.20. The predicted octanol–water partition coefficient (Wildman–Crippen LogP) is 2.76. The summed E-state index contributed by atoms with van der Waals surface area (Å²) in [5.74, 6) is -0.398. The minimum absolute atomic E-state index is 0.162. The maximum Gasteiger partial charge on any atom is 0.284 e. The summed E-state index contributed by atoms with van der Waals surface area (Å²) in [7, 11) is 1.75. The fourth-order valence-electron chi connectivity index (χ4n) is 2.35. The predicted molar refractivity (Wildman–Crippen MR) is 98.3 cm³/mol. The zero-order chi connectivity index (χ0) is 19.4. The van der Waals surface area contributed by atoms with E-state index >= 15 is 0 Å². The van der Waals surface area contributed by atoms with Crippen LogP contribution in [0.15, 0.2) is 59.1 Å². The molecule has 0 spiro atoms. The summed E-state index contributed by atoms with van der Waals surface area (Å²) in [6.07, 6.45) is 4.82. The minimum atomic E-state index is -0.514. The van der Waals surface area contributed by atoms with Gasteiger partial charge in [-0.2, -0.15) is 0 Å². The van der Waals surface area contributed by atoms with Crippen molar-refractivity contribution < 1.29 is 9.72 Å². The van der Waals surface area contributed by atoms with Crippen molar-refractivity contribution in [3.8, 4) is 0 Å². The van der Waals surface area contributed by atoms with Gasteiger partial charge in [0.15, 0.2) is 5.16 Å². The molecule has 10 heteroatoms. The maximum absolute atomic E-state index is 12.5. The highest BCUT2D eigenvalue weighted by molar-refractivity contribution is 7.99. The standard InChI is InChI=1S/C17H16N6O3S/c1-11(13-4-3-7-18-9-13)20-16(24)12-5-6-15(14(8-12)23(25)26)27-17-21-19-10-22(17)2/h3-11H,1-2H3,(H,20,24). The van der Waals surface area contributed by atoms with Gasteiger partial charge in [0, 0.05) is 31.1 Å². The first kappa shape index (κ1) is 18.5. The number of amides is 1. The molecule has 27 heavy (non-hydrogen) atoms. The Morgan fingerprint density at radius 2 is 2.19 bits per heavy atom. The van der Waals surface area contributed by atoms with Crippen LogP contribution in [0.2, 0.25) is 0 Å². The number of rotatable bonds is 6. The van der Waals surface area contributed by atoms with E-state index < -0.39 is 10.8 Å². The summed E-state index contributed by atoms with van der Waals surface area (Å²) in [5.41, 5.74) is 0.888. The first-order valence-electron chi connectivity index (χ1n) is 7.97. The molecule has 0 radical (unpaired) electrons. The molecular formula is C17H16N6O3S. The van der Waals surface area contributed by atoms with Gasteiger partial charge in [0.05, 0.1) is 15.9 Å². The second-order valence-electron chi connectivity index (χ2n) is 5.75. The summed E-state index contributed by atoms with van der Waals surface area (Å²) in [4.78, 5) is 27.9. The van der Waals surface area contributed by atoms with Crippen molar-refractivity contribution in [1.82, 2.24) is 25.1 Å². The Bertz CT molecular complexity index is 976. The number of pyridine rings is 1. The summed E-state index contributed by atoms with van der Waals surface area (Å²) in [6.45, 7) is 1.82. The van der Waals surface area contributed by atoms with E-state index in [1.807, 2.05) is 13.0 Å². The lowest BCUT2D eigenvalue weighted by Crippen LogP contribution is -2.26. The average Bonchev–Trinajstić information content (AvgIpc) is 3.07. The zero-order valence-electron chi connectivity index (χ0n) is 14.6. The van der Waals surface area contributed by atoms with Crippen LogP contribution in [0.4, 0.5) is 5.69 Å². The molecule has 0 bridgehead atoms. The average molecular weight is 384 g/mol. The number of aromatic nitrogens is 4. The van der Waals surface area contributed by atoms with E-state index in [4.69, 9.17) is 0 Å². The summed E-state index contributed by atoms with van der Waals surface area (Å²) in [5, 5.41) is 22.5. The highest BCUT2D eigenvalue weighted by Gasteiger charge is 2.21. The molecule has 2 heterocycles. The van der Waals surface area contributed by atoms with Crippen molar-refractivity contribution in [3.05, 3.63) is 70.3 Å². The SMILES string of the molecule is CC(NC(=O)c1ccc(Sc2nncn2C)c([N+](=O)[O-])c1)c1cccnc1. The van der Waals surface area contributed by atoms with Crippen LogP contribution in [0.5, 0.6) is 0 Å². The first-order valence-corrected chi connectivity index (χ1v) is 8.78. The topological polar surface area (TPSA) is 116 Å².